The van der Waals surface area contributed by atoms with E-state index in [-0.39, 0.29) is 17.6 Å². The highest BCUT2D eigenvalue weighted by Crippen LogP contribution is 2.20. The summed E-state index contributed by atoms with van der Waals surface area (Å²) >= 11 is 3.05. The van der Waals surface area contributed by atoms with E-state index in [1.807, 2.05) is 0 Å². The molecular formula is C10H11BrFNO. The lowest BCUT2D eigenvalue weighted by Crippen LogP contribution is -2.17. The van der Waals surface area contributed by atoms with Crippen molar-refractivity contribution in [3.63, 3.8) is 0 Å². The molecule has 0 saturated carbocycles. The van der Waals surface area contributed by atoms with Crippen LogP contribution in [0.2, 0.25) is 0 Å². The molecule has 0 aliphatic carbocycles. The molecule has 4 heteroatoms. The van der Waals surface area contributed by atoms with E-state index in [2.05, 4.69) is 21.2 Å². The summed E-state index contributed by atoms with van der Waals surface area (Å²) < 4.78 is 13.2. The van der Waals surface area contributed by atoms with Gasteiger partial charge < -0.3 is 5.32 Å². The molecule has 0 aromatic heterocycles. The number of carbonyl (C=O) groups is 1. The van der Waals surface area contributed by atoms with Gasteiger partial charge >= 0.3 is 0 Å². The van der Waals surface area contributed by atoms with Gasteiger partial charge in [-0.3, -0.25) is 4.79 Å². The van der Waals surface area contributed by atoms with Gasteiger partial charge in [-0.2, -0.15) is 0 Å². The van der Waals surface area contributed by atoms with Crippen molar-refractivity contribution in [1.29, 1.82) is 0 Å². The van der Waals surface area contributed by atoms with Gasteiger partial charge in [0.1, 0.15) is 5.82 Å². The van der Waals surface area contributed by atoms with E-state index >= 15 is 0 Å². The molecule has 0 fully saturated rings. The lowest BCUT2D eigenvalue weighted by atomic mass is 10.2. The Bertz CT molecular complexity index is 352. The quantitative estimate of drug-likeness (QED) is 0.869. The third kappa shape index (κ3) is 2.80. The maximum Gasteiger partial charge on any atom is 0.226 e. The van der Waals surface area contributed by atoms with Gasteiger partial charge in [0, 0.05) is 11.6 Å². The zero-order valence-corrected chi connectivity index (χ0v) is 9.56. The van der Waals surface area contributed by atoms with Gasteiger partial charge in [0.15, 0.2) is 0 Å². The van der Waals surface area contributed by atoms with E-state index in [1.165, 1.54) is 18.2 Å². The number of hydrogen-bond acceptors (Lipinski definition) is 1. The smallest absolute Gasteiger partial charge is 0.226 e. The van der Waals surface area contributed by atoms with Crippen molar-refractivity contribution in [3.8, 4) is 0 Å². The van der Waals surface area contributed by atoms with Crippen LogP contribution >= 0.6 is 15.9 Å². The molecule has 0 aliphatic heterocycles. The Morgan fingerprint density at radius 2 is 2.14 bits per heavy atom. The standard InChI is InChI=1S/C10H11BrFNO/c1-6(2)10(14)13-7-3-4-9(12)8(11)5-7/h3-6H,1-2H3,(H,13,14). The lowest BCUT2D eigenvalue weighted by Gasteiger charge is -2.07. The molecule has 0 radical (unpaired) electrons. The number of carbonyl (C=O) groups excluding carboxylic acids is 1. The summed E-state index contributed by atoms with van der Waals surface area (Å²) in [5, 5.41) is 2.67. The second kappa shape index (κ2) is 4.55. The van der Waals surface area contributed by atoms with Crippen LogP contribution in [0.25, 0.3) is 0 Å². The van der Waals surface area contributed by atoms with Gasteiger partial charge in [0.05, 0.1) is 4.47 Å². The second-order valence-electron chi connectivity index (χ2n) is 3.27. The predicted molar refractivity (Wildman–Crippen MR) is 57.6 cm³/mol. The van der Waals surface area contributed by atoms with Gasteiger partial charge in [-0.15, -0.1) is 0 Å². The minimum atomic E-state index is -0.340. The van der Waals surface area contributed by atoms with E-state index in [1.54, 1.807) is 13.8 Å². The van der Waals surface area contributed by atoms with Crippen molar-refractivity contribution in [2.45, 2.75) is 13.8 Å². The molecule has 76 valence electrons. The summed E-state index contributed by atoms with van der Waals surface area (Å²) in [7, 11) is 0. The van der Waals surface area contributed by atoms with Crippen LogP contribution in [0.3, 0.4) is 0 Å². The van der Waals surface area contributed by atoms with Crippen LogP contribution in [0.5, 0.6) is 0 Å². The first-order valence-corrected chi connectivity index (χ1v) is 5.06. The van der Waals surface area contributed by atoms with Crippen LogP contribution in [0.4, 0.5) is 10.1 Å². The van der Waals surface area contributed by atoms with E-state index in [4.69, 9.17) is 0 Å². The Morgan fingerprint density at radius 3 is 2.64 bits per heavy atom. The fourth-order valence-electron chi connectivity index (χ4n) is 0.860. The van der Waals surface area contributed by atoms with Crippen LogP contribution in [-0.4, -0.2) is 5.91 Å². The Labute approximate surface area is 90.6 Å². The first-order valence-electron chi connectivity index (χ1n) is 4.26. The van der Waals surface area contributed by atoms with Gasteiger partial charge in [-0.1, -0.05) is 13.8 Å². The Hall–Kier alpha value is -0.900. The molecule has 0 bridgehead atoms. The van der Waals surface area contributed by atoms with Crippen LogP contribution in [0.1, 0.15) is 13.8 Å². The van der Waals surface area contributed by atoms with Gasteiger partial charge in [0.2, 0.25) is 5.91 Å². The summed E-state index contributed by atoms with van der Waals surface area (Å²) in [6.45, 7) is 3.60. The number of nitrogens with one attached hydrogen (secondary N) is 1. The molecule has 0 aliphatic rings. The summed E-state index contributed by atoms with van der Waals surface area (Å²) in [4.78, 5) is 11.3. The van der Waals surface area contributed by atoms with Crippen molar-refractivity contribution < 1.29 is 9.18 Å². The van der Waals surface area contributed by atoms with Crippen molar-refractivity contribution in [2.24, 2.45) is 5.92 Å². The van der Waals surface area contributed by atoms with Gasteiger partial charge in [-0.05, 0) is 34.1 Å². The maximum atomic E-state index is 12.8. The largest absolute Gasteiger partial charge is 0.326 e. The number of hydrogen-bond donors (Lipinski definition) is 1. The molecule has 1 rings (SSSR count). The summed E-state index contributed by atoms with van der Waals surface area (Å²) in [5.74, 6) is -0.505. The van der Waals surface area contributed by atoms with Gasteiger partial charge in [-0.25, -0.2) is 4.39 Å². The average Bonchev–Trinajstić information content (AvgIpc) is 2.11. The summed E-state index contributed by atoms with van der Waals surface area (Å²) in [6, 6.07) is 4.37. The number of anilines is 1. The van der Waals surface area contributed by atoms with Crippen molar-refractivity contribution in [1.82, 2.24) is 0 Å². The molecule has 1 aromatic carbocycles. The first-order chi connectivity index (χ1) is 6.50. The predicted octanol–water partition coefficient (Wildman–Crippen LogP) is 3.18. The van der Waals surface area contributed by atoms with Gasteiger partial charge in [0.25, 0.3) is 0 Å². The Morgan fingerprint density at radius 1 is 1.50 bits per heavy atom. The highest BCUT2D eigenvalue weighted by Gasteiger charge is 2.07. The number of benzene rings is 1. The highest BCUT2D eigenvalue weighted by molar-refractivity contribution is 9.10. The molecular weight excluding hydrogens is 249 g/mol. The van der Waals surface area contributed by atoms with Crippen LogP contribution < -0.4 is 5.32 Å². The Kier molecular flexibility index (Phi) is 3.63. The zero-order valence-electron chi connectivity index (χ0n) is 7.97. The minimum absolute atomic E-state index is 0.0801. The molecule has 1 N–H and O–H groups in total. The van der Waals surface area contributed by atoms with Crippen molar-refractivity contribution in [3.05, 3.63) is 28.5 Å². The molecule has 2 nitrogen and oxygen atoms in total. The highest BCUT2D eigenvalue weighted by atomic mass is 79.9. The molecule has 1 amide bonds. The zero-order chi connectivity index (χ0) is 10.7. The molecule has 0 saturated heterocycles. The molecule has 0 unspecified atom stereocenters. The second-order valence-corrected chi connectivity index (χ2v) is 4.13. The van der Waals surface area contributed by atoms with Crippen molar-refractivity contribution in [2.75, 3.05) is 5.32 Å². The third-order valence-electron chi connectivity index (χ3n) is 1.71. The maximum absolute atomic E-state index is 12.8. The fraction of sp³-hybridized carbons (Fsp3) is 0.300. The number of halogens is 2. The minimum Gasteiger partial charge on any atom is -0.326 e. The average molecular weight is 260 g/mol. The fourth-order valence-corrected chi connectivity index (χ4v) is 1.24. The lowest BCUT2D eigenvalue weighted by molar-refractivity contribution is -0.118. The first kappa shape index (κ1) is 11.2. The monoisotopic (exact) mass is 259 g/mol. The van der Waals surface area contributed by atoms with E-state index in [0.29, 0.717) is 10.2 Å². The van der Waals surface area contributed by atoms with Crippen LogP contribution in [0.15, 0.2) is 22.7 Å². The molecule has 14 heavy (non-hydrogen) atoms. The van der Waals surface area contributed by atoms with Crippen molar-refractivity contribution >= 4 is 27.5 Å². The summed E-state index contributed by atoms with van der Waals surface area (Å²) in [6.07, 6.45) is 0. The Balaban J connectivity index is 2.78. The SMILES string of the molecule is CC(C)C(=O)Nc1ccc(F)c(Br)c1. The molecule has 1 aromatic rings. The number of rotatable bonds is 2. The van der Waals surface area contributed by atoms with Crippen LogP contribution in [-0.2, 0) is 4.79 Å². The normalized spacial score (nSPS) is 10.4. The summed E-state index contributed by atoms with van der Waals surface area (Å²) in [5.41, 5.74) is 0.594. The molecule has 0 atom stereocenters. The van der Waals surface area contributed by atoms with E-state index in [0.717, 1.165) is 0 Å². The topological polar surface area (TPSA) is 29.1 Å². The molecule has 0 heterocycles. The van der Waals surface area contributed by atoms with E-state index < -0.39 is 0 Å². The van der Waals surface area contributed by atoms with Crippen LogP contribution in [0, 0.1) is 11.7 Å². The van der Waals surface area contributed by atoms with E-state index in [9.17, 15) is 9.18 Å². The third-order valence-corrected chi connectivity index (χ3v) is 2.32. The molecule has 0 spiro atoms. The number of amides is 1.